The van der Waals surface area contributed by atoms with Crippen LogP contribution in [0.5, 0.6) is 0 Å². The summed E-state index contributed by atoms with van der Waals surface area (Å²) in [5.41, 5.74) is 4.77. The number of benzene rings is 1. The highest BCUT2D eigenvalue weighted by atomic mass is 32.2. The van der Waals surface area contributed by atoms with Gasteiger partial charge in [-0.25, -0.2) is 17.7 Å². The van der Waals surface area contributed by atoms with Crippen LogP contribution in [0.1, 0.15) is 18.4 Å². The third-order valence-corrected chi connectivity index (χ3v) is 7.88. The second-order valence-electron chi connectivity index (χ2n) is 8.14. The normalized spacial score (nSPS) is 16.1. The fourth-order valence-corrected chi connectivity index (χ4v) is 5.87. The van der Waals surface area contributed by atoms with E-state index in [0.717, 1.165) is 47.2 Å². The summed E-state index contributed by atoms with van der Waals surface area (Å²) >= 11 is 0. The molecule has 0 atom stereocenters. The third-order valence-electron chi connectivity index (χ3n) is 6.03. The van der Waals surface area contributed by atoms with E-state index < -0.39 is 10.0 Å². The molecular weight excluding hydrogens is 410 g/mol. The summed E-state index contributed by atoms with van der Waals surface area (Å²) in [4.78, 5) is 4.75. The molecule has 0 saturated carbocycles. The van der Waals surface area contributed by atoms with Crippen molar-refractivity contribution < 1.29 is 8.42 Å². The monoisotopic (exact) mass is 435 g/mol. The van der Waals surface area contributed by atoms with Gasteiger partial charge in [0, 0.05) is 37.6 Å². The second-order valence-corrected chi connectivity index (χ2v) is 10.1. The molecule has 0 spiro atoms. The van der Waals surface area contributed by atoms with Gasteiger partial charge >= 0.3 is 0 Å². The van der Waals surface area contributed by atoms with E-state index in [4.69, 9.17) is 4.98 Å². The number of aromatic amines is 1. The molecule has 0 aliphatic carbocycles. The smallest absolute Gasteiger partial charge is 0.218 e. The SMILES string of the molecule is O=S(=O)(Cc1ccccc1)N1CCC(Cn2ccc3nc(-c4cn[nH]c4)ccc32)CC1. The van der Waals surface area contributed by atoms with Crippen LogP contribution in [-0.4, -0.2) is 45.6 Å². The van der Waals surface area contributed by atoms with Gasteiger partial charge in [-0.2, -0.15) is 5.10 Å². The fraction of sp³-hybridized carbons (Fsp3) is 0.304. The van der Waals surface area contributed by atoms with E-state index >= 15 is 0 Å². The largest absolute Gasteiger partial charge is 0.346 e. The van der Waals surface area contributed by atoms with Crippen molar-refractivity contribution >= 4 is 21.1 Å². The number of hydrogen-bond donors (Lipinski definition) is 1. The lowest BCUT2D eigenvalue weighted by atomic mass is 9.98. The topological polar surface area (TPSA) is 83.9 Å². The van der Waals surface area contributed by atoms with Crippen molar-refractivity contribution in [1.29, 1.82) is 0 Å². The van der Waals surface area contributed by atoms with Crippen LogP contribution in [0.3, 0.4) is 0 Å². The number of pyridine rings is 1. The van der Waals surface area contributed by atoms with E-state index in [1.54, 1.807) is 10.5 Å². The molecular formula is C23H25N5O2S. The van der Waals surface area contributed by atoms with Gasteiger partial charge in [0.25, 0.3) is 0 Å². The minimum Gasteiger partial charge on any atom is -0.346 e. The molecule has 0 radical (unpaired) electrons. The number of piperidine rings is 1. The van der Waals surface area contributed by atoms with Crippen LogP contribution in [0.2, 0.25) is 0 Å². The van der Waals surface area contributed by atoms with Crippen molar-refractivity contribution in [2.24, 2.45) is 5.92 Å². The molecule has 31 heavy (non-hydrogen) atoms. The summed E-state index contributed by atoms with van der Waals surface area (Å²) < 4.78 is 29.5. The Morgan fingerprint density at radius 3 is 2.58 bits per heavy atom. The molecule has 160 valence electrons. The summed E-state index contributed by atoms with van der Waals surface area (Å²) in [7, 11) is -3.27. The lowest BCUT2D eigenvalue weighted by Gasteiger charge is -2.31. The van der Waals surface area contributed by atoms with Crippen molar-refractivity contribution in [3.8, 4) is 11.3 Å². The molecule has 4 heterocycles. The fourth-order valence-electron chi connectivity index (χ4n) is 4.31. The lowest BCUT2D eigenvalue weighted by molar-refractivity contribution is 0.254. The zero-order valence-electron chi connectivity index (χ0n) is 17.2. The predicted molar refractivity (Wildman–Crippen MR) is 121 cm³/mol. The number of nitrogens with zero attached hydrogens (tertiary/aromatic N) is 4. The first-order chi connectivity index (χ1) is 15.1. The molecule has 7 nitrogen and oxygen atoms in total. The average molecular weight is 436 g/mol. The molecule has 1 N–H and O–H groups in total. The second kappa shape index (κ2) is 8.28. The molecule has 1 aromatic carbocycles. The van der Waals surface area contributed by atoms with E-state index in [9.17, 15) is 8.42 Å². The molecule has 3 aromatic heterocycles. The predicted octanol–water partition coefficient (Wildman–Crippen LogP) is 3.67. The summed E-state index contributed by atoms with van der Waals surface area (Å²) in [6.45, 7) is 2.05. The number of nitrogens with one attached hydrogen (secondary N) is 1. The first kappa shape index (κ1) is 20.0. The average Bonchev–Trinajstić information content (AvgIpc) is 3.45. The van der Waals surface area contributed by atoms with Crippen LogP contribution < -0.4 is 0 Å². The van der Waals surface area contributed by atoms with Gasteiger partial charge in [0.15, 0.2) is 0 Å². The summed E-state index contributed by atoms with van der Waals surface area (Å²) in [6.07, 6.45) is 7.42. The minimum absolute atomic E-state index is 0.0748. The van der Waals surface area contributed by atoms with Crippen LogP contribution in [0.25, 0.3) is 22.3 Å². The molecule has 5 rings (SSSR count). The molecule has 4 aromatic rings. The zero-order valence-corrected chi connectivity index (χ0v) is 18.0. The van der Waals surface area contributed by atoms with Gasteiger partial charge in [0.05, 0.1) is 28.7 Å². The molecule has 0 amide bonds. The molecule has 1 aliphatic heterocycles. The number of sulfonamides is 1. The van der Waals surface area contributed by atoms with E-state index in [0.29, 0.717) is 19.0 Å². The molecule has 8 heteroatoms. The minimum atomic E-state index is -3.27. The zero-order chi connectivity index (χ0) is 21.3. The summed E-state index contributed by atoms with van der Waals surface area (Å²) in [5, 5.41) is 6.81. The Morgan fingerprint density at radius 2 is 1.84 bits per heavy atom. The van der Waals surface area contributed by atoms with Crippen molar-refractivity contribution in [2.45, 2.75) is 25.1 Å². The first-order valence-electron chi connectivity index (χ1n) is 10.6. The summed E-state index contributed by atoms with van der Waals surface area (Å²) in [6, 6.07) is 15.6. The Morgan fingerprint density at radius 1 is 1.03 bits per heavy atom. The number of hydrogen-bond acceptors (Lipinski definition) is 4. The van der Waals surface area contributed by atoms with Gasteiger partial charge in [-0.15, -0.1) is 0 Å². The number of rotatable bonds is 6. The molecule has 1 aliphatic rings. The number of fused-ring (bicyclic) bond motifs is 1. The van der Waals surface area contributed by atoms with Crippen LogP contribution >= 0.6 is 0 Å². The van der Waals surface area contributed by atoms with Crippen molar-refractivity contribution in [2.75, 3.05) is 13.1 Å². The number of aromatic nitrogens is 4. The van der Waals surface area contributed by atoms with Crippen LogP contribution in [0.4, 0.5) is 0 Å². The van der Waals surface area contributed by atoms with Crippen molar-refractivity contribution in [1.82, 2.24) is 24.1 Å². The first-order valence-corrected chi connectivity index (χ1v) is 12.2. The number of H-pyrrole nitrogens is 1. The Balaban J connectivity index is 1.23. The molecule has 1 fully saturated rings. The van der Waals surface area contributed by atoms with Gasteiger partial charge in [0.1, 0.15) is 0 Å². The van der Waals surface area contributed by atoms with Gasteiger partial charge in [0.2, 0.25) is 10.0 Å². The molecule has 0 unspecified atom stereocenters. The molecule has 1 saturated heterocycles. The highest BCUT2D eigenvalue weighted by Gasteiger charge is 2.28. The quantitative estimate of drug-likeness (QED) is 0.501. The van der Waals surface area contributed by atoms with Crippen LogP contribution in [-0.2, 0) is 22.3 Å². The summed E-state index contributed by atoms with van der Waals surface area (Å²) in [5.74, 6) is 0.526. The van der Waals surface area contributed by atoms with Gasteiger partial charge in [-0.1, -0.05) is 30.3 Å². The Hall–Kier alpha value is -2.97. The van der Waals surface area contributed by atoms with Crippen LogP contribution in [0, 0.1) is 5.92 Å². The highest BCUT2D eigenvalue weighted by Crippen LogP contribution is 2.26. The Kier molecular flexibility index (Phi) is 5.33. The Labute approximate surface area is 181 Å². The van der Waals surface area contributed by atoms with Gasteiger partial charge in [-0.3, -0.25) is 5.10 Å². The van der Waals surface area contributed by atoms with Gasteiger partial charge < -0.3 is 4.57 Å². The van der Waals surface area contributed by atoms with Crippen molar-refractivity contribution in [3.05, 3.63) is 72.7 Å². The third kappa shape index (κ3) is 4.26. The van der Waals surface area contributed by atoms with E-state index in [2.05, 4.69) is 27.0 Å². The van der Waals surface area contributed by atoms with Gasteiger partial charge in [-0.05, 0) is 42.5 Å². The van der Waals surface area contributed by atoms with E-state index in [1.165, 1.54) is 0 Å². The maximum absolute atomic E-state index is 12.8. The Bertz CT molecular complexity index is 1260. The van der Waals surface area contributed by atoms with E-state index in [-0.39, 0.29) is 5.75 Å². The maximum atomic E-state index is 12.8. The van der Waals surface area contributed by atoms with Crippen molar-refractivity contribution in [3.63, 3.8) is 0 Å². The maximum Gasteiger partial charge on any atom is 0.218 e. The van der Waals surface area contributed by atoms with E-state index in [1.807, 2.05) is 48.7 Å². The van der Waals surface area contributed by atoms with Crippen LogP contribution in [0.15, 0.2) is 67.1 Å². The standard InChI is InChI=1S/C23H25N5O2S/c29-31(30,17-19-4-2-1-3-5-19)28-12-8-18(9-13-28)16-27-11-10-22-23(27)7-6-21(26-22)20-14-24-25-15-20/h1-7,10-11,14-15,18H,8-9,12-13,16-17H2,(H,24,25). The highest BCUT2D eigenvalue weighted by molar-refractivity contribution is 7.88. The lowest BCUT2D eigenvalue weighted by Crippen LogP contribution is -2.39. The molecule has 0 bridgehead atoms.